The zero-order valence-corrected chi connectivity index (χ0v) is 42.5. The second-order valence-corrected chi connectivity index (χ2v) is 18.2. The highest BCUT2D eigenvalue weighted by molar-refractivity contribution is 5.91. The van der Waals surface area contributed by atoms with E-state index in [0.717, 1.165) is 31.4 Å². The number of rotatable bonds is 49. The Morgan fingerprint density at radius 2 is 1.19 bits per heavy atom. The zero-order chi connectivity index (χ0) is 50.7. The number of aliphatic carboxylic acids is 1. The van der Waals surface area contributed by atoms with E-state index in [2.05, 4.69) is 32.8 Å². The minimum Gasteiger partial charge on any atom is -0.480 e. The summed E-state index contributed by atoms with van der Waals surface area (Å²) in [5.41, 5.74) is 6.87. The van der Waals surface area contributed by atoms with E-state index in [0.29, 0.717) is 45.3 Å². The van der Waals surface area contributed by atoms with Gasteiger partial charge in [-0.1, -0.05) is 110 Å². The normalized spacial score (nSPS) is 13.0. The highest BCUT2D eigenvalue weighted by Gasteiger charge is 2.30. The summed E-state index contributed by atoms with van der Waals surface area (Å²) in [5, 5.41) is 17.6. The van der Waals surface area contributed by atoms with Gasteiger partial charge in [-0.25, -0.2) is 9.78 Å². The number of amides is 3. The van der Waals surface area contributed by atoms with E-state index in [1.807, 2.05) is 0 Å². The molecule has 0 saturated carbocycles. The van der Waals surface area contributed by atoms with Crippen LogP contribution in [-0.4, -0.2) is 134 Å². The monoisotopic (exact) mass is 979 g/mol. The SMILES string of the molecule is CCCCCCCCCCCCCCCCCC(=O)NC(CCC(=O)CCCOCCOCC(=O)NCCOCCOCC(=O)NCCCC[C@@H](C(C)=O)C(C)C(=O)[C@@H](N)Cc1cnc[nH]1)C(=O)O. The summed E-state index contributed by atoms with van der Waals surface area (Å²) in [4.78, 5) is 92.6. The molecule has 1 aromatic rings. The van der Waals surface area contributed by atoms with Crippen molar-refractivity contribution in [3.05, 3.63) is 18.2 Å². The predicted octanol–water partition coefficient (Wildman–Crippen LogP) is 6.12. The Labute approximate surface area is 412 Å². The molecule has 4 atom stereocenters. The van der Waals surface area contributed by atoms with Crippen molar-refractivity contribution < 1.29 is 57.6 Å². The van der Waals surface area contributed by atoms with E-state index in [9.17, 15) is 38.7 Å². The number of carbonyl (C=O) groups is 7. The van der Waals surface area contributed by atoms with Gasteiger partial charge in [0.05, 0.1) is 45.4 Å². The lowest BCUT2D eigenvalue weighted by molar-refractivity contribution is -0.142. The van der Waals surface area contributed by atoms with Gasteiger partial charge in [-0.15, -0.1) is 0 Å². The fourth-order valence-corrected chi connectivity index (χ4v) is 7.91. The predicted molar refractivity (Wildman–Crippen MR) is 264 cm³/mol. The van der Waals surface area contributed by atoms with Crippen LogP contribution >= 0.6 is 0 Å². The van der Waals surface area contributed by atoms with Crippen LogP contribution in [0.2, 0.25) is 0 Å². The first-order chi connectivity index (χ1) is 33.3. The van der Waals surface area contributed by atoms with Gasteiger partial charge in [-0.2, -0.15) is 0 Å². The fraction of sp³-hybridized carbons (Fsp3) is 0.804. The highest BCUT2D eigenvalue weighted by atomic mass is 16.5. The van der Waals surface area contributed by atoms with E-state index in [1.165, 1.54) is 83.9 Å². The number of ether oxygens (including phenoxy) is 4. The van der Waals surface area contributed by atoms with Crippen LogP contribution in [0.5, 0.6) is 0 Å². The number of unbranched alkanes of at least 4 members (excludes halogenated alkanes) is 15. The molecule has 69 heavy (non-hydrogen) atoms. The van der Waals surface area contributed by atoms with E-state index < -0.39 is 29.9 Å². The van der Waals surface area contributed by atoms with E-state index in [-0.39, 0.29) is 114 Å². The number of aromatic nitrogens is 2. The molecule has 0 aliphatic carbocycles. The lowest BCUT2D eigenvalue weighted by Crippen LogP contribution is -2.41. The standard InChI is InChI=1S/C51H90N6O12/c1-4-5-6-7-8-9-10-11-12-13-14-15-16-17-18-24-47(60)57-46(51(64)65)26-25-43(59)22-21-29-66-31-33-68-38-49(62)55-28-30-67-32-34-69-37-48(61)54-27-20-19-23-44(41(3)58)40(2)50(63)45(52)35-42-36-53-39-56-42/h36,39-40,44-46H,4-35,37-38,52H2,1-3H3,(H,53,56)(H,54,61)(H,55,62)(H,57,60)(H,64,65)/t40?,44-,45+,46?/m1/s1. The van der Waals surface area contributed by atoms with Crippen LogP contribution in [0.15, 0.2) is 12.5 Å². The molecular weight excluding hydrogens is 889 g/mol. The molecule has 7 N–H and O–H groups in total. The Hall–Kier alpha value is -4.10. The number of carboxylic acids is 1. The van der Waals surface area contributed by atoms with E-state index in [1.54, 1.807) is 13.1 Å². The maximum Gasteiger partial charge on any atom is 0.326 e. The molecular formula is C51H90N6O12. The summed E-state index contributed by atoms with van der Waals surface area (Å²) in [5.74, 6) is -3.30. The third-order valence-corrected chi connectivity index (χ3v) is 12.1. The number of nitrogens with zero attached hydrogens (tertiary/aromatic N) is 1. The minimum atomic E-state index is -1.14. The van der Waals surface area contributed by atoms with Gasteiger partial charge in [-0.3, -0.25) is 28.8 Å². The number of Topliss-reactive ketones (excluding diaryl/α,β-unsaturated/α-hetero) is 3. The first-order valence-corrected chi connectivity index (χ1v) is 26.0. The van der Waals surface area contributed by atoms with Gasteiger partial charge >= 0.3 is 5.97 Å². The summed E-state index contributed by atoms with van der Waals surface area (Å²) in [6.07, 6.45) is 24.9. The van der Waals surface area contributed by atoms with Crippen LogP contribution in [0.1, 0.15) is 174 Å². The smallest absolute Gasteiger partial charge is 0.326 e. The molecule has 18 heteroatoms. The van der Waals surface area contributed by atoms with Crippen LogP contribution in [0.25, 0.3) is 0 Å². The molecule has 1 heterocycles. The topological polar surface area (TPSA) is 267 Å². The molecule has 3 amide bonds. The maximum atomic E-state index is 12.9. The van der Waals surface area contributed by atoms with E-state index >= 15 is 0 Å². The summed E-state index contributed by atoms with van der Waals surface area (Å²) in [6.45, 7) is 7.27. The van der Waals surface area contributed by atoms with Gasteiger partial charge in [0, 0.05) is 69.1 Å². The van der Waals surface area contributed by atoms with Crippen molar-refractivity contribution in [1.82, 2.24) is 25.9 Å². The first kappa shape index (κ1) is 62.9. The fourth-order valence-electron chi connectivity index (χ4n) is 7.91. The molecule has 1 rings (SSSR count). The number of aromatic amines is 1. The van der Waals surface area contributed by atoms with Crippen LogP contribution < -0.4 is 21.7 Å². The van der Waals surface area contributed by atoms with Gasteiger partial charge in [0.15, 0.2) is 5.78 Å². The first-order valence-electron chi connectivity index (χ1n) is 26.0. The molecule has 1 aromatic heterocycles. The number of ketones is 3. The van der Waals surface area contributed by atoms with Crippen molar-refractivity contribution in [2.45, 2.75) is 187 Å². The number of H-pyrrole nitrogens is 1. The average Bonchev–Trinajstić information content (AvgIpc) is 3.84. The van der Waals surface area contributed by atoms with Crippen molar-refractivity contribution >= 4 is 41.0 Å². The third kappa shape index (κ3) is 35.6. The van der Waals surface area contributed by atoms with E-state index in [4.69, 9.17) is 24.7 Å². The number of carboxylic acid groups (broad SMARTS) is 1. The summed E-state index contributed by atoms with van der Waals surface area (Å²) in [7, 11) is 0. The van der Waals surface area contributed by atoms with Crippen molar-refractivity contribution in [2.24, 2.45) is 17.6 Å². The Morgan fingerprint density at radius 3 is 1.74 bits per heavy atom. The van der Waals surface area contributed by atoms with Gasteiger partial charge < -0.3 is 50.7 Å². The quantitative estimate of drug-likeness (QED) is 0.0402. The van der Waals surface area contributed by atoms with Crippen molar-refractivity contribution in [1.29, 1.82) is 0 Å². The molecule has 0 bridgehead atoms. The minimum absolute atomic E-state index is 0.0461. The Kier molecular flexibility index (Phi) is 39.0. The zero-order valence-electron chi connectivity index (χ0n) is 42.5. The van der Waals surface area contributed by atoms with Gasteiger partial charge in [0.1, 0.15) is 30.8 Å². The lowest BCUT2D eigenvalue weighted by Gasteiger charge is -2.23. The van der Waals surface area contributed by atoms with Gasteiger partial charge in [0.2, 0.25) is 17.7 Å². The average molecular weight is 979 g/mol. The largest absolute Gasteiger partial charge is 0.480 e. The number of nitrogens with two attached hydrogens (primary N) is 1. The molecule has 0 aliphatic rings. The molecule has 18 nitrogen and oxygen atoms in total. The second-order valence-electron chi connectivity index (χ2n) is 18.2. The molecule has 0 fully saturated rings. The summed E-state index contributed by atoms with van der Waals surface area (Å²) < 4.78 is 21.6. The van der Waals surface area contributed by atoms with Crippen LogP contribution in [0.3, 0.4) is 0 Å². The molecule has 2 unspecified atom stereocenters. The van der Waals surface area contributed by atoms with Crippen molar-refractivity contribution in [3.63, 3.8) is 0 Å². The Bertz CT molecular complexity index is 1530. The second kappa shape index (κ2) is 42.8. The van der Waals surface area contributed by atoms with Gasteiger partial charge in [-0.05, 0) is 39.0 Å². The summed E-state index contributed by atoms with van der Waals surface area (Å²) in [6, 6.07) is -1.82. The Balaban J connectivity index is 1.96. The molecule has 0 radical (unpaired) electrons. The van der Waals surface area contributed by atoms with Gasteiger partial charge in [0.25, 0.3) is 0 Å². The van der Waals surface area contributed by atoms with Crippen molar-refractivity contribution in [3.8, 4) is 0 Å². The van der Waals surface area contributed by atoms with Crippen LogP contribution in [-0.2, 0) is 58.9 Å². The molecule has 0 saturated heterocycles. The maximum absolute atomic E-state index is 12.9. The lowest BCUT2D eigenvalue weighted by atomic mass is 9.81. The number of carbonyl (C=O) groups excluding carboxylic acids is 6. The molecule has 0 aliphatic heterocycles. The van der Waals surface area contributed by atoms with Crippen molar-refractivity contribution in [2.75, 3.05) is 65.9 Å². The number of hydrogen-bond acceptors (Lipinski definition) is 13. The van der Waals surface area contributed by atoms with Crippen LogP contribution in [0, 0.1) is 11.8 Å². The number of hydrogen-bond donors (Lipinski definition) is 6. The highest BCUT2D eigenvalue weighted by Crippen LogP contribution is 2.22. The summed E-state index contributed by atoms with van der Waals surface area (Å²) >= 11 is 0. The molecule has 396 valence electrons. The number of nitrogens with one attached hydrogen (secondary N) is 4. The number of imidazole rings is 1. The van der Waals surface area contributed by atoms with Crippen LogP contribution in [0.4, 0.5) is 0 Å². The molecule has 0 spiro atoms. The Morgan fingerprint density at radius 1 is 0.638 bits per heavy atom. The third-order valence-electron chi connectivity index (χ3n) is 12.1. The molecule has 0 aromatic carbocycles.